The first kappa shape index (κ1) is 16.5. The van der Waals surface area contributed by atoms with Crippen LogP contribution in [0.2, 0.25) is 0 Å². The Kier molecular flexibility index (Phi) is 4.09. The van der Waals surface area contributed by atoms with Crippen LogP contribution in [0.4, 0.5) is 5.69 Å². The van der Waals surface area contributed by atoms with Gasteiger partial charge in [0.1, 0.15) is 0 Å². The maximum Gasteiger partial charge on any atom is 0.333 e. The second-order valence-electron chi connectivity index (χ2n) is 5.71. The van der Waals surface area contributed by atoms with Crippen molar-refractivity contribution >= 4 is 17.6 Å². The number of nitro groups is 1. The molecule has 1 heterocycles. The van der Waals surface area contributed by atoms with Crippen LogP contribution in [0.1, 0.15) is 25.3 Å². The highest BCUT2D eigenvalue weighted by molar-refractivity contribution is 5.92. The highest BCUT2D eigenvalue weighted by Crippen LogP contribution is 2.45. The van der Waals surface area contributed by atoms with Crippen molar-refractivity contribution in [3.8, 4) is 0 Å². The van der Waals surface area contributed by atoms with Gasteiger partial charge in [0, 0.05) is 30.3 Å². The number of non-ortho nitro benzene ring substituents is 1. The number of benzene rings is 1. The molecule has 0 saturated heterocycles. The van der Waals surface area contributed by atoms with Crippen LogP contribution in [0.25, 0.3) is 0 Å². The summed E-state index contributed by atoms with van der Waals surface area (Å²) < 4.78 is 0. The average Bonchev–Trinajstić information content (AvgIpc) is 2.48. The molecule has 3 N–H and O–H groups in total. The lowest BCUT2D eigenvalue weighted by molar-refractivity contribution is -0.384. The molecule has 0 fully saturated rings. The van der Waals surface area contributed by atoms with Crippen LogP contribution < -0.4 is 5.32 Å². The molecule has 2 unspecified atom stereocenters. The minimum Gasteiger partial charge on any atom is -0.481 e. The molecule has 2 atom stereocenters. The molecule has 0 spiro atoms. The van der Waals surface area contributed by atoms with Crippen molar-refractivity contribution < 1.29 is 24.7 Å². The number of carbonyl (C=O) groups is 2. The number of carboxylic acid groups (broad SMARTS) is 2. The lowest BCUT2D eigenvalue weighted by Crippen LogP contribution is -2.48. The third-order valence-electron chi connectivity index (χ3n) is 4.18. The average molecular weight is 320 g/mol. The molecule has 122 valence electrons. The van der Waals surface area contributed by atoms with Crippen molar-refractivity contribution in [2.45, 2.75) is 19.8 Å². The molecular formula is C15H16N2O6. The number of aliphatic carboxylic acids is 2. The van der Waals surface area contributed by atoms with Gasteiger partial charge < -0.3 is 15.5 Å². The van der Waals surface area contributed by atoms with E-state index < -0.39 is 28.2 Å². The Bertz CT molecular complexity index is 726. The highest BCUT2D eigenvalue weighted by Gasteiger charge is 2.49. The van der Waals surface area contributed by atoms with Gasteiger partial charge in [-0.15, -0.1) is 0 Å². The maximum atomic E-state index is 11.8. The fourth-order valence-corrected chi connectivity index (χ4v) is 2.88. The Labute approximate surface area is 131 Å². The Morgan fingerprint density at radius 1 is 1.39 bits per heavy atom. The summed E-state index contributed by atoms with van der Waals surface area (Å²) in [7, 11) is 0. The summed E-state index contributed by atoms with van der Waals surface area (Å²) >= 11 is 0. The monoisotopic (exact) mass is 320 g/mol. The standard InChI is InChI=1S/C15H16N2O6/c1-8-11(13(18)19)12(15(2,7-16-8)14(20)21)9-4-3-5-10(6-9)17(22)23/h3-6,12,16H,7H2,1-2H3,(H,18,19)(H,20,21). The normalized spacial score (nSPS) is 24.0. The molecule has 23 heavy (non-hydrogen) atoms. The second kappa shape index (κ2) is 5.71. The molecule has 0 radical (unpaired) electrons. The lowest BCUT2D eigenvalue weighted by Gasteiger charge is -2.39. The third kappa shape index (κ3) is 2.75. The first-order chi connectivity index (χ1) is 10.7. The Hall–Kier alpha value is -2.90. The summed E-state index contributed by atoms with van der Waals surface area (Å²) in [5.41, 5.74) is -1.10. The molecule has 0 aliphatic carbocycles. The molecular weight excluding hydrogens is 304 g/mol. The molecule has 1 aliphatic heterocycles. The van der Waals surface area contributed by atoms with Gasteiger partial charge in [0.2, 0.25) is 0 Å². The van der Waals surface area contributed by atoms with Crippen LogP contribution >= 0.6 is 0 Å². The van der Waals surface area contributed by atoms with E-state index in [4.69, 9.17) is 0 Å². The maximum absolute atomic E-state index is 11.8. The molecule has 8 heteroatoms. The van der Waals surface area contributed by atoms with Gasteiger partial charge in [-0.05, 0) is 19.4 Å². The Balaban J connectivity index is 2.71. The van der Waals surface area contributed by atoms with Crippen LogP contribution in [0.5, 0.6) is 0 Å². The molecule has 2 rings (SSSR count). The van der Waals surface area contributed by atoms with E-state index >= 15 is 0 Å². The van der Waals surface area contributed by atoms with E-state index in [0.717, 1.165) is 0 Å². The topological polar surface area (TPSA) is 130 Å². The van der Waals surface area contributed by atoms with Crippen molar-refractivity contribution in [2.24, 2.45) is 5.41 Å². The molecule has 1 aromatic carbocycles. The lowest BCUT2D eigenvalue weighted by atomic mass is 9.67. The third-order valence-corrected chi connectivity index (χ3v) is 4.18. The van der Waals surface area contributed by atoms with Gasteiger partial charge >= 0.3 is 11.9 Å². The first-order valence-corrected chi connectivity index (χ1v) is 6.84. The van der Waals surface area contributed by atoms with Gasteiger partial charge in [-0.1, -0.05) is 12.1 Å². The van der Waals surface area contributed by atoms with E-state index in [0.29, 0.717) is 11.3 Å². The van der Waals surface area contributed by atoms with Crippen LogP contribution in [-0.2, 0) is 9.59 Å². The van der Waals surface area contributed by atoms with E-state index in [1.165, 1.54) is 31.2 Å². The molecule has 8 nitrogen and oxygen atoms in total. The van der Waals surface area contributed by atoms with E-state index in [1.54, 1.807) is 6.92 Å². The fraction of sp³-hybridized carbons (Fsp3) is 0.333. The van der Waals surface area contributed by atoms with Gasteiger partial charge in [-0.2, -0.15) is 0 Å². The fourth-order valence-electron chi connectivity index (χ4n) is 2.88. The summed E-state index contributed by atoms with van der Waals surface area (Å²) in [5, 5.41) is 32.9. The summed E-state index contributed by atoms with van der Waals surface area (Å²) in [6.07, 6.45) is 0. The predicted octanol–water partition coefficient (Wildman–Crippen LogP) is 1.73. The minimum absolute atomic E-state index is 0.0261. The highest BCUT2D eigenvalue weighted by atomic mass is 16.6. The number of nitrogens with one attached hydrogen (secondary N) is 1. The summed E-state index contributed by atoms with van der Waals surface area (Å²) in [5.74, 6) is -3.43. The SMILES string of the molecule is CC1=C(C(=O)O)C(c2cccc([N+](=O)[O-])c2)C(C)(C(=O)O)CN1. The van der Waals surface area contributed by atoms with Crippen LogP contribution in [0.15, 0.2) is 35.5 Å². The van der Waals surface area contributed by atoms with E-state index in [2.05, 4.69) is 5.32 Å². The Morgan fingerprint density at radius 2 is 2.04 bits per heavy atom. The minimum atomic E-state index is -1.44. The number of hydrogen-bond acceptors (Lipinski definition) is 5. The van der Waals surface area contributed by atoms with Crippen molar-refractivity contribution in [3.05, 3.63) is 51.2 Å². The number of rotatable bonds is 4. The van der Waals surface area contributed by atoms with Crippen molar-refractivity contribution in [2.75, 3.05) is 6.54 Å². The molecule has 0 saturated carbocycles. The molecule has 1 aromatic rings. The molecule has 0 bridgehead atoms. The predicted molar refractivity (Wildman–Crippen MR) is 79.9 cm³/mol. The summed E-state index contributed by atoms with van der Waals surface area (Å²) in [4.78, 5) is 33.8. The van der Waals surface area contributed by atoms with E-state index in [-0.39, 0.29) is 17.8 Å². The Morgan fingerprint density at radius 3 is 2.57 bits per heavy atom. The smallest absolute Gasteiger partial charge is 0.333 e. The van der Waals surface area contributed by atoms with Gasteiger partial charge in [-0.25, -0.2) is 4.79 Å². The largest absolute Gasteiger partial charge is 0.481 e. The van der Waals surface area contributed by atoms with Crippen molar-refractivity contribution in [1.29, 1.82) is 0 Å². The number of carboxylic acids is 2. The van der Waals surface area contributed by atoms with E-state index in [9.17, 15) is 29.9 Å². The summed E-state index contributed by atoms with van der Waals surface area (Å²) in [6, 6.07) is 5.44. The van der Waals surface area contributed by atoms with Crippen LogP contribution in [0.3, 0.4) is 0 Å². The second-order valence-corrected chi connectivity index (χ2v) is 5.71. The first-order valence-electron chi connectivity index (χ1n) is 6.84. The number of nitro benzene ring substituents is 1. The quantitative estimate of drug-likeness (QED) is 0.569. The van der Waals surface area contributed by atoms with Gasteiger partial charge in [-0.3, -0.25) is 14.9 Å². The van der Waals surface area contributed by atoms with Gasteiger partial charge in [0.25, 0.3) is 5.69 Å². The zero-order chi connectivity index (χ0) is 17.4. The molecule has 1 aliphatic rings. The van der Waals surface area contributed by atoms with E-state index in [1.807, 2.05) is 0 Å². The number of allylic oxidation sites excluding steroid dienone is 1. The van der Waals surface area contributed by atoms with Gasteiger partial charge in [0.15, 0.2) is 0 Å². The zero-order valence-corrected chi connectivity index (χ0v) is 12.6. The van der Waals surface area contributed by atoms with Gasteiger partial charge in [0.05, 0.1) is 15.9 Å². The van der Waals surface area contributed by atoms with Crippen LogP contribution in [0, 0.1) is 15.5 Å². The van der Waals surface area contributed by atoms with Crippen molar-refractivity contribution in [3.63, 3.8) is 0 Å². The number of nitrogens with zero attached hydrogens (tertiary/aromatic N) is 1. The number of hydrogen-bond donors (Lipinski definition) is 3. The molecule has 0 amide bonds. The summed E-state index contributed by atoms with van der Waals surface area (Å²) in [6.45, 7) is 3.01. The molecule has 0 aromatic heterocycles. The van der Waals surface area contributed by atoms with Crippen LogP contribution in [-0.4, -0.2) is 33.6 Å². The zero-order valence-electron chi connectivity index (χ0n) is 12.6. The van der Waals surface area contributed by atoms with Crippen molar-refractivity contribution in [1.82, 2.24) is 5.32 Å².